The zero-order chi connectivity index (χ0) is 11.0. The largest absolute Gasteiger partial charge is 0.371 e. The number of nitrogens with one attached hydrogen (secondary N) is 1. The summed E-state index contributed by atoms with van der Waals surface area (Å²) < 4.78 is 1.84. The van der Waals surface area contributed by atoms with E-state index in [1.54, 1.807) is 11.3 Å². The van der Waals surface area contributed by atoms with Gasteiger partial charge in [-0.1, -0.05) is 6.07 Å². The highest BCUT2D eigenvalue weighted by Crippen LogP contribution is 2.23. The summed E-state index contributed by atoms with van der Waals surface area (Å²) >= 11 is 1.64. The van der Waals surface area contributed by atoms with Gasteiger partial charge in [-0.2, -0.15) is 0 Å². The van der Waals surface area contributed by atoms with Gasteiger partial charge in [0.15, 0.2) is 11.6 Å². The van der Waals surface area contributed by atoms with Crippen molar-refractivity contribution in [3.8, 4) is 10.7 Å². The summed E-state index contributed by atoms with van der Waals surface area (Å²) in [5.74, 6) is 1.60. The van der Waals surface area contributed by atoms with Crippen LogP contribution in [0.5, 0.6) is 0 Å². The molecule has 0 aliphatic rings. The Morgan fingerprint density at radius 2 is 2.25 bits per heavy atom. The van der Waals surface area contributed by atoms with Gasteiger partial charge in [-0.05, 0) is 23.6 Å². The van der Waals surface area contributed by atoms with Gasteiger partial charge in [-0.25, -0.2) is 9.50 Å². The molecule has 0 aliphatic carbocycles. The number of hydrogen-bond donors (Lipinski definition) is 1. The minimum atomic E-state index is 0.753. The van der Waals surface area contributed by atoms with E-state index < -0.39 is 0 Å². The van der Waals surface area contributed by atoms with E-state index in [4.69, 9.17) is 0 Å². The normalized spacial score (nSPS) is 10.8. The number of anilines is 1. The summed E-state index contributed by atoms with van der Waals surface area (Å²) in [4.78, 5) is 5.58. The SMILES string of the molecule is CNc1nc(-c2cccs2)nn2cccc12. The lowest BCUT2D eigenvalue weighted by Crippen LogP contribution is -2.02. The van der Waals surface area contributed by atoms with Crippen LogP contribution in [0.2, 0.25) is 0 Å². The summed E-state index contributed by atoms with van der Waals surface area (Å²) in [6.07, 6.45) is 1.93. The number of aromatic nitrogens is 3. The van der Waals surface area contributed by atoms with Crippen LogP contribution < -0.4 is 5.32 Å². The lowest BCUT2D eigenvalue weighted by molar-refractivity contribution is 0.917. The number of rotatable bonds is 2. The quantitative estimate of drug-likeness (QED) is 0.735. The van der Waals surface area contributed by atoms with Crippen LogP contribution in [0, 0.1) is 0 Å². The fourth-order valence-electron chi connectivity index (χ4n) is 1.63. The van der Waals surface area contributed by atoms with Crippen LogP contribution in [0.25, 0.3) is 16.2 Å². The van der Waals surface area contributed by atoms with Crippen molar-refractivity contribution in [1.82, 2.24) is 14.6 Å². The molecule has 0 unspecified atom stereocenters. The molecule has 4 nitrogen and oxygen atoms in total. The standard InChI is InChI=1S/C11H10N4S/c1-12-10-8-4-2-6-15(8)14-11(13-10)9-5-3-7-16-9/h2-7H,1H3,(H,12,13,14). The third-order valence-electron chi connectivity index (χ3n) is 2.37. The highest BCUT2D eigenvalue weighted by Gasteiger charge is 2.08. The van der Waals surface area contributed by atoms with Gasteiger partial charge in [0.25, 0.3) is 0 Å². The first-order valence-corrected chi connectivity index (χ1v) is 5.83. The zero-order valence-electron chi connectivity index (χ0n) is 8.71. The van der Waals surface area contributed by atoms with Crippen molar-refractivity contribution < 1.29 is 0 Å². The number of thiophene rings is 1. The number of fused-ring (bicyclic) bond motifs is 1. The lowest BCUT2D eigenvalue weighted by Gasteiger charge is -2.04. The van der Waals surface area contributed by atoms with Crippen molar-refractivity contribution in [3.05, 3.63) is 35.8 Å². The summed E-state index contributed by atoms with van der Waals surface area (Å²) in [6, 6.07) is 7.98. The first-order chi connectivity index (χ1) is 7.88. The molecule has 1 N–H and O–H groups in total. The molecule has 16 heavy (non-hydrogen) atoms. The molecular weight excluding hydrogens is 220 g/mol. The van der Waals surface area contributed by atoms with E-state index in [0.29, 0.717) is 0 Å². The molecule has 0 aliphatic heterocycles. The Morgan fingerprint density at radius 1 is 1.31 bits per heavy atom. The predicted octanol–water partition coefficient (Wildman–Crippen LogP) is 2.50. The molecule has 80 valence electrons. The fraction of sp³-hybridized carbons (Fsp3) is 0.0909. The molecule has 5 heteroatoms. The molecule has 0 bridgehead atoms. The van der Waals surface area contributed by atoms with E-state index >= 15 is 0 Å². The van der Waals surface area contributed by atoms with Crippen LogP contribution in [0.15, 0.2) is 35.8 Å². The molecule has 0 atom stereocenters. The van der Waals surface area contributed by atoms with Crippen LogP contribution >= 0.6 is 11.3 Å². The van der Waals surface area contributed by atoms with Crippen LogP contribution in [-0.4, -0.2) is 21.6 Å². The molecule has 3 heterocycles. The van der Waals surface area contributed by atoms with Crippen molar-refractivity contribution >= 4 is 22.7 Å². The van der Waals surface area contributed by atoms with Crippen LogP contribution in [-0.2, 0) is 0 Å². The molecule has 3 aromatic rings. The van der Waals surface area contributed by atoms with E-state index in [9.17, 15) is 0 Å². The molecule has 0 aromatic carbocycles. The predicted molar refractivity (Wildman–Crippen MR) is 65.8 cm³/mol. The van der Waals surface area contributed by atoms with Gasteiger partial charge in [0.2, 0.25) is 0 Å². The van der Waals surface area contributed by atoms with Crippen LogP contribution in [0.4, 0.5) is 5.82 Å². The average Bonchev–Trinajstić information content (AvgIpc) is 2.97. The van der Waals surface area contributed by atoms with E-state index in [1.165, 1.54) is 0 Å². The Kier molecular flexibility index (Phi) is 2.11. The van der Waals surface area contributed by atoms with E-state index in [1.807, 2.05) is 47.4 Å². The number of nitrogens with zero attached hydrogens (tertiary/aromatic N) is 3. The van der Waals surface area contributed by atoms with Crippen molar-refractivity contribution in [3.63, 3.8) is 0 Å². The van der Waals surface area contributed by atoms with Crippen molar-refractivity contribution in [1.29, 1.82) is 0 Å². The Bertz CT molecular complexity index is 612. The zero-order valence-corrected chi connectivity index (χ0v) is 9.53. The molecule has 3 aromatic heterocycles. The Hall–Kier alpha value is -1.88. The molecule has 0 spiro atoms. The lowest BCUT2D eigenvalue weighted by atomic mass is 10.4. The molecule has 0 fully saturated rings. The van der Waals surface area contributed by atoms with Gasteiger partial charge in [-0.3, -0.25) is 0 Å². The second kappa shape index (κ2) is 3.61. The highest BCUT2D eigenvalue weighted by molar-refractivity contribution is 7.13. The highest BCUT2D eigenvalue weighted by atomic mass is 32.1. The Labute approximate surface area is 96.6 Å². The Morgan fingerprint density at radius 3 is 3.00 bits per heavy atom. The number of hydrogen-bond acceptors (Lipinski definition) is 4. The summed E-state index contributed by atoms with van der Waals surface area (Å²) in [7, 11) is 1.87. The van der Waals surface area contributed by atoms with Gasteiger partial charge in [0.1, 0.15) is 5.52 Å². The molecule has 0 amide bonds. The monoisotopic (exact) mass is 230 g/mol. The van der Waals surface area contributed by atoms with Crippen molar-refractivity contribution in [2.45, 2.75) is 0 Å². The minimum absolute atomic E-state index is 0.753. The third kappa shape index (κ3) is 1.37. The maximum atomic E-state index is 4.50. The maximum Gasteiger partial charge on any atom is 0.192 e. The van der Waals surface area contributed by atoms with Gasteiger partial charge in [0.05, 0.1) is 4.88 Å². The van der Waals surface area contributed by atoms with Gasteiger partial charge in [0, 0.05) is 13.2 Å². The molecule has 0 saturated carbocycles. The summed E-state index contributed by atoms with van der Waals surface area (Å²) in [6.45, 7) is 0. The van der Waals surface area contributed by atoms with E-state index in [0.717, 1.165) is 22.0 Å². The average molecular weight is 230 g/mol. The maximum absolute atomic E-state index is 4.50. The van der Waals surface area contributed by atoms with Crippen LogP contribution in [0.1, 0.15) is 0 Å². The van der Waals surface area contributed by atoms with Gasteiger partial charge in [-0.15, -0.1) is 16.4 Å². The first-order valence-electron chi connectivity index (χ1n) is 4.95. The molecule has 0 radical (unpaired) electrons. The second-order valence-electron chi connectivity index (χ2n) is 3.35. The fourth-order valence-corrected chi connectivity index (χ4v) is 2.28. The van der Waals surface area contributed by atoms with E-state index in [2.05, 4.69) is 15.4 Å². The van der Waals surface area contributed by atoms with Crippen molar-refractivity contribution in [2.24, 2.45) is 0 Å². The summed E-state index contributed by atoms with van der Waals surface area (Å²) in [5, 5.41) is 9.58. The molecule has 0 saturated heterocycles. The Balaban J connectivity index is 2.27. The van der Waals surface area contributed by atoms with E-state index in [-0.39, 0.29) is 0 Å². The minimum Gasteiger partial charge on any atom is -0.371 e. The third-order valence-corrected chi connectivity index (χ3v) is 3.24. The van der Waals surface area contributed by atoms with Gasteiger partial charge < -0.3 is 5.32 Å². The van der Waals surface area contributed by atoms with Crippen LogP contribution in [0.3, 0.4) is 0 Å². The topological polar surface area (TPSA) is 42.2 Å². The smallest absolute Gasteiger partial charge is 0.192 e. The summed E-state index contributed by atoms with van der Waals surface area (Å²) in [5.41, 5.74) is 0.989. The second-order valence-corrected chi connectivity index (χ2v) is 4.30. The van der Waals surface area contributed by atoms with Crippen molar-refractivity contribution in [2.75, 3.05) is 12.4 Å². The first kappa shape index (κ1) is 9.35. The molecule has 3 rings (SSSR count). The molecular formula is C11H10N4S. The van der Waals surface area contributed by atoms with Gasteiger partial charge >= 0.3 is 0 Å².